The predicted molar refractivity (Wildman–Crippen MR) is 80.9 cm³/mol. The summed E-state index contributed by atoms with van der Waals surface area (Å²) in [5, 5.41) is 0. The van der Waals surface area contributed by atoms with Gasteiger partial charge in [0.15, 0.2) is 0 Å². The number of benzene rings is 1. The minimum atomic E-state index is 0.157. The number of carbonyl (C=O) groups excluding carboxylic acids is 1. The molecule has 0 radical (unpaired) electrons. The molecule has 19 heavy (non-hydrogen) atoms. The fourth-order valence-electron chi connectivity index (χ4n) is 2.65. The van der Waals surface area contributed by atoms with Crippen LogP contribution in [0.4, 0.5) is 0 Å². The topological polar surface area (TPSA) is 20.3 Å². The average molecular weight is 277 g/mol. The number of carbonyl (C=O) groups is 1. The van der Waals surface area contributed by atoms with E-state index in [1.165, 1.54) is 32.1 Å². The van der Waals surface area contributed by atoms with Crippen LogP contribution in [-0.2, 0) is 4.79 Å². The van der Waals surface area contributed by atoms with Crippen molar-refractivity contribution in [1.29, 1.82) is 0 Å². The standard InChI is InChI=1S/C16H23NOS/c1-14(18)17(19-16-10-6-3-7-11-16)13-12-15-8-4-2-5-9-15/h3,6-7,10-11,15H,2,4-5,8-9,12-13H2,1H3. The van der Waals surface area contributed by atoms with E-state index in [0.717, 1.165) is 23.8 Å². The van der Waals surface area contributed by atoms with Gasteiger partial charge in [-0.2, -0.15) is 0 Å². The second-order valence-electron chi connectivity index (χ2n) is 5.32. The Bertz CT molecular complexity index is 387. The van der Waals surface area contributed by atoms with Crippen LogP contribution < -0.4 is 0 Å². The van der Waals surface area contributed by atoms with Crippen molar-refractivity contribution in [3.63, 3.8) is 0 Å². The number of amides is 1. The molecule has 0 bridgehead atoms. The van der Waals surface area contributed by atoms with Crippen LogP contribution in [0.3, 0.4) is 0 Å². The molecule has 3 heteroatoms. The molecule has 0 N–H and O–H groups in total. The Hall–Kier alpha value is -0.960. The molecule has 0 unspecified atom stereocenters. The van der Waals surface area contributed by atoms with E-state index in [1.807, 2.05) is 22.5 Å². The van der Waals surface area contributed by atoms with E-state index in [2.05, 4.69) is 12.1 Å². The summed E-state index contributed by atoms with van der Waals surface area (Å²) in [6.45, 7) is 2.54. The van der Waals surface area contributed by atoms with Crippen molar-refractivity contribution in [1.82, 2.24) is 4.31 Å². The number of rotatable bonds is 5. The molecule has 1 aromatic rings. The number of nitrogens with zero attached hydrogens (tertiary/aromatic N) is 1. The largest absolute Gasteiger partial charge is 0.283 e. The molecule has 1 aliphatic rings. The van der Waals surface area contributed by atoms with Gasteiger partial charge in [0, 0.05) is 18.4 Å². The lowest BCUT2D eigenvalue weighted by atomic mass is 9.87. The van der Waals surface area contributed by atoms with Gasteiger partial charge in [-0.3, -0.25) is 9.10 Å². The Morgan fingerprint density at radius 1 is 1.21 bits per heavy atom. The Balaban J connectivity index is 1.84. The van der Waals surface area contributed by atoms with E-state index in [9.17, 15) is 4.79 Å². The highest BCUT2D eigenvalue weighted by Gasteiger charge is 2.17. The van der Waals surface area contributed by atoms with E-state index in [1.54, 1.807) is 18.9 Å². The van der Waals surface area contributed by atoms with Gasteiger partial charge in [-0.05, 0) is 36.4 Å². The van der Waals surface area contributed by atoms with Crippen molar-refractivity contribution in [2.24, 2.45) is 5.92 Å². The van der Waals surface area contributed by atoms with Gasteiger partial charge in [-0.1, -0.05) is 50.3 Å². The van der Waals surface area contributed by atoms with Crippen LogP contribution in [0.1, 0.15) is 45.4 Å². The van der Waals surface area contributed by atoms with Gasteiger partial charge in [-0.15, -0.1) is 0 Å². The molecule has 1 fully saturated rings. The Kier molecular flexibility index (Phi) is 5.77. The molecular weight excluding hydrogens is 254 g/mol. The molecule has 0 atom stereocenters. The SMILES string of the molecule is CC(=O)N(CCC1CCCCC1)Sc1ccccc1. The summed E-state index contributed by atoms with van der Waals surface area (Å²) < 4.78 is 1.91. The molecule has 0 heterocycles. The van der Waals surface area contributed by atoms with Gasteiger partial charge in [0.2, 0.25) is 5.91 Å². The van der Waals surface area contributed by atoms with Gasteiger partial charge in [0.05, 0.1) is 0 Å². The van der Waals surface area contributed by atoms with E-state index in [-0.39, 0.29) is 5.91 Å². The van der Waals surface area contributed by atoms with Crippen molar-refractivity contribution in [3.8, 4) is 0 Å². The van der Waals surface area contributed by atoms with Crippen LogP contribution in [0.25, 0.3) is 0 Å². The maximum absolute atomic E-state index is 11.7. The van der Waals surface area contributed by atoms with Gasteiger partial charge in [-0.25, -0.2) is 0 Å². The van der Waals surface area contributed by atoms with Crippen molar-refractivity contribution < 1.29 is 4.79 Å². The summed E-state index contributed by atoms with van der Waals surface area (Å²) in [5.74, 6) is 0.983. The highest BCUT2D eigenvalue weighted by atomic mass is 32.2. The van der Waals surface area contributed by atoms with E-state index in [4.69, 9.17) is 0 Å². The molecule has 0 aliphatic heterocycles. The van der Waals surface area contributed by atoms with Crippen LogP contribution in [0.15, 0.2) is 35.2 Å². The molecule has 1 saturated carbocycles. The highest BCUT2D eigenvalue weighted by Crippen LogP contribution is 2.29. The maximum Gasteiger partial charge on any atom is 0.229 e. The van der Waals surface area contributed by atoms with Crippen LogP contribution in [0.5, 0.6) is 0 Å². The third-order valence-electron chi connectivity index (χ3n) is 3.78. The lowest BCUT2D eigenvalue weighted by Crippen LogP contribution is -2.24. The number of hydrogen-bond donors (Lipinski definition) is 0. The maximum atomic E-state index is 11.7. The monoisotopic (exact) mass is 277 g/mol. The first-order valence-corrected chi connectivity index (χ1v) is 8.04. The summed E-state index contributed by atoms with van der Waals surface area (Å²) in [6.07, 6.45) is 7.99. The van der Waals surface area contributed by atoms with Gasteiger partial charge in [0.25, 0.3) is 0 Å². The van der Waals surface area contributed by atoms with E-state index < -0.39 is 0 Å². The van der Waals surface area contributed by atoms with Crippen molar-refractivity contribution >= 4 is 17.9 Å². The average Bonchev–Trinajstić information content (AvgIpc) is 2.45. The van der Waals surface area contributed by atoms with Crippen molar-refractivity contribution in [3.05, 3.63) is 30.3 Å². The van der Waals surface area contributed by atoms with Crippen LogP contribution in [0.2, 0.25) is 0 Å². The smallest absolute Gasteiger partial charge is 0.229 e. The second kappa shape index (κ2) is 7.59. The molecule has 2 rings (SSSR count). The Morgan fingerprint density at radius 3 is 2.53 bits per heavy atom. The first-order valence-electron chi connectivity index (χ1n) is 7.27. The minimum Gasteiger partial charge on any atom is -0.283 e. The summed E-state index contributed by atoms with van der Waals surface area (Å²) in [7, 11) is 0. The summed E-state index contributed by atoms with van der Waals surface area (Å²) in [5.41, 5.74) is 0. The second-order valence-corrected chi connectivity index (χ2v) is 6.41. The molecule has 104 valence electrons. The quantitative estimate of drug-likeness (QED) is 0.738. The molecule has 2 nitrogen and oxygen atoms in total. The van der Waals surface area contributed by atoms with E-state index in [0.29, 0.717) is 0 Å². The predicted octanol–water partition coefficient (Wildman–Crippen LogP) is 4.51. The molecule has 1 amide bonds. The van der Waals surface area contributed by atoms with Crippen molar-refractivity contribution in [2.75, 3.05) is 6.54 Å². The molecule has 1 aliphatic carbocycles. The summed E-state index contributed by atoms with van der Waals surface area (Å²) in [6, 6.07) is 10.1. The van der Waals surface area contributed by atoms with Crippen LogP contribution >= 0.6 is 11.9 Å². The molecule has 0 aromatic heterocycles. The lowest BCUT2D eigenvalue weighted by Gasteiger charge is -2.25. The zero-order valence-corrected chi connectivity index (χ0v) is 12.5. The first kappa shape index (κ1) is 14.4. The van der Waals surface area contributed by atoms with E-state index >= 15 is 0 Å². The first-order chi connectivity index (χ1) is 9.25. The zero-order valence-electron chi connectivity index (χ0n) is 11.7. The summed E-state index contributed by atoms with van der Waals surface area (Å²) in [4.78, 5) is 12.9. The molecule has 1 aromatic carbocycles. The molecular formula is C16H23NOS. The third kappa shape index (κ3) is 4.90. The Labute approximate surface area is 120 Å². The fourth-order valence-corrected chi connectivity index (χ4v) is 3.51. The number of hydrogen-bond acceptors (Lipinski definition) is 2. The third-order valence-corrected chi connectivity index (χ3v) is 4.92. The van der Waals surface area contributed by atoms with Gasteiger partial charge >= 0.3 is 0 Å². The normalized spacial score (nSPS) is 16.3. The van der Waals surface area contributed by atoms with Crippen LogP contribution in [-0.4, -0.2) is 16.8 Å². The summed E-state index contributed by atoms with van der Waals surface area (Å²) >= 11 is 1.57. The highest BCUT2D eigenvalue weighted by molar-refractivity contribution is 7.97. The molecule has 0 saturated heterocycles. The van der Waals surface area contributed by atoms with Crippen LogP contribution in [0, 0.1) is 5.92 Å². The Morgan fingerprint density at radius 2 is 1.89 bits per heavy atom. The molecule has 0 spiro atoms. The lowest BCUT2D eigenvalue weighted by molar-refractivity contribution is -0.124. The fraction of sp³-hybridized carbons (Fsp3) is 0.562. The van der Waals surface area contributed by atoms with Gasteiger partial charge in [0.1, 0.15) is 0 Å². The minimum absolute atomic E-state index is 0.157. The van der Waals surface area contributed by atoms with Gasteiger partial charge < -0.3 is 0 Å². The van der Waals surface area contributed by atoms with Crippen molar-refractivity contribution in [2.45, 2.75) is 50.3 Å². The zero-order chi connectivity index (χ0) is 13.5.